The van der Waals surface area contributed by atoms with Gasteiger partial charge in [-0.25, -0.2) is 4.79 Å². The van der Waals surface area contributed by atoms with Crippen molar-refractivity contribution in [2.75, 3.05) is 0 Å². The van der Waals surface area contributed by atoms with Gasteiger partial charge in [0.2, 0.25) is 0 Å². The van der Waals surface area contributed by atoms with Crippen LogP contribution in [0.3, 0.4) is 0 Å². The molecule has 0 unspecified atom stereocenters. The van der Waals surface area contributed by atoms with E-state index in [-0.39, 0.29) is 12.1 Å². The quantitative estimate of drug-likeness (QED) is 0.586. The Morgan fingerprint density at radius 1 is 0.893 bits per heavy atom. The Labute approximate surface area is 172 Å². The van der Waals surface area contributed by atoms with Crippen LogP contribution in [0, 0.1) is 0 Å². The molecule has 2 N–H and O–H groups in total. The third kappa shape index (κ3) is 15.1. The molecule has 0 aromatic carbocycles. The molecule has 3 atom stereocenters. The Hall–Kier alpha value is -0.870. The van der Waals surface area contributed by atoms with E-state index in [1.165, 1.54) is 64.2 Å². The van der Waals surface area contributed by atoms with Crippen molar-refractivity contribution in [3.63, 3.8) is 0 Å². The van der Waals surface area contributed by atoms with Crippen LogP contribution in [0.1, 0.15) is 116 Å². The van der Waals surface area contributed by atoms with Gasteiger partial charge in [-0.15, -0.1) is 0 Å². The fourth-order valence-corrected chi connectivity index (χ4v) is 3.98. The number of cyclic esters (lactones) is 1. The van der Waals surface area contributed by atoms with E-state index in [9.17, 15) is 15.0 Å². The van der Waals surface area contributed by atoms with E-state index in [2.05, 4.69) is 0 Å². The SMILES string of the molecule is C[C@@H](O)C[C@@H](O)C[C@@H]1CCCCCCCCCCCCCCC/C=C/C(=O)O1. The Morgan fingerprint density at radius 2 is 1.39 bits per heavy atom. The van der Waals surface area contributed by atoms with Crippen LogP contribution in [0.25, 0.3) is 0 Å². The van der Waals surface area contributed by atoms with Crippen molar-refractivity contribution >= 4 is 5.97 Å². The molecule has 0 saturated carbocycles. The van der Waals surface area contributed by atoms with Gasteiger partial charge in [-0.3, -0.25) is 0 Å². The van der Waals surface area contributed by atoms with Gasteiger partial charge in [0.1, 0.15) is 6.10 Å². The van der Waals surface area contributed by atoms with E-state index in [1.54, 1.807) is 13.0 Å². The summed E-state index contributed by atoms with van der Waals surface area (Å²) in [5.41, 5.74) is 0. The number of hydrogen-bond acceptors (Lipinski definition) is 4. The summed E-state index contributed by atoms with van der Waals surface area (Å²) in [7, 11) is 0. The summed E-state index contributed by atoms with van der Waals surface area (Å²) in [5, 5.41) is 19.6. The number of ether oxygens (including phenoxy) is 1. The van der Waals surface area contributed by atoms with Crippen molar-refractivity contribution in [3.8, 4) is 0 Å². The highest BCUT2D eigenvalue weighted by Crippen LogP contribution is 2.18. The maximum Gasteiger partial charge on any atom is 0.330 e. The van der Waals surface area contributed by atoms with Crippen molar-refractivity contribution < 1.29 is 19.7 Å². The predicted octanol–water partition coefficient (Wildman–Crippen LogP) is 5.84. The second kappa shape index (κ2) is 17.0. The van der Waals surface area contributed by atoms with Crippen LogP contribution in [-0.4, -0.2) is 34.5 Å². The Morgan fingerprint density at radius 3 is 1.93 bits per heavy atom. The van der Waals surface area contributed by atoms with Crippen molar-refractivity contribution in [2.45, 2.75) is 134 Å². The van der Waals surface area contributed by atoms with Crippen LogP contribution in [0.15, 0.2) is 12.2 Å². The number of allylic oxidation sites excluding steroid dienone is 1. The number of carbonyl (C=O) groups excluding carboxylic acids is 1. The largest absolute Gasteiger partial charge is 0.459 e. The lowest BCUT2D eigenvalue weighted by atomic mass is 10.00. The molecule has 0 amide bonds. The van der Waals surface area contributed by atoms with Gasteiger partial charge in [0, 0.05) is 12.5 Å². The van der Waals surface area contributed by atoms with Gasteiger partial charge >= 0.3 is 5.97 Å². The molecule has 28 heavy (non-hydrogen) atoms. The van der Waals surface area contributed by atoms with Gasteiger partial charge < -0.3 is 14.9 Å². The molecule has 1 aliphatic rings. The summed E-state index contributed by atoms with van der Waals surface area (Å²) in [6, 6.07) is 0. The van der Waals surface area contributed by atoms with Crippen molar-refractivity contribution in [3.05, 3.63) is 12.2 Å². The zero-order valence-electron chi connectivity index (χ0n) is 18.1. The molecular formula is C24H44O4. The first kappa shape index (κ1) is 25.2. The maximum absolute atomic E-state index is 12.1. The summed E-state index contributed by atoms with van der Waals surface area (Å²) >= 11 is 0. The molecule has 0 bridgehead atoms. The van der Waals surface area contributed by atoms with Gasteiger partial charge in [0.05, 0.1) is 12.2 Å². The number of hydrogen-bond donors (Lipinski definition) is 2. The van der Waals surface area contributed by atoms with Crippen LogP contribution >= 0.6 is 0 Å². The fourth-order valence-electron chi connectivity index (χ4n) is 3.98. The van der Waals surface area contributed by atoms with E-state index < -0.39 is 12.2 Å². The lowest BCUT2D eigenvalue weighted by molar-refractivity contribution is -0.145. The minimum absolute atomic E-state index is 0.267. The average molecular weight is 397 g/mol. The molecule has 0 fully saturated rings. The molecule has 4 heteroatoms. The highest BCUT2D eigenvalue weighted by molar-refractivity contribution is 5.82. The monoisotopic (exact) mass is 396 g/mol. The minimum Gasteiger partial charge on any atom is -0.459 e. The van der Waals surface area contributed by atoms with Crippen LogP contribution in [-0.2, 0) is 9.53 Å². The summed E-state index contributed by atoms with van der Waals surface area (Å²) in [4.78, 5) is 12.1. The lowest BCUT2D eigenvalue weighted by Gasteiger charge is -2.21. The lowest BCUT2D eigenvalue weighted by Crippen LogP contribution is -2.25. The summed E-state index contributed by atoms with van der Waals surface area (Å²) in [6.07, 6.45) is 20.9. The van der Waals surface area contributed by atoms with E-state index in [0.29, 0.717) is 12.8 Å². The number of aliphatic hydroxyl groups is 2. The molecular weight excluding hydrogens is 352 g/mol. The molecule has 0 aliphatic carbocycles. The molecule has 0 saturated heterocycles. The van der Waals surface area contributed by atoms with E-state index >= 15 is 0 Å². The van der Waals surface area contributed by atoms with Crippen molar-refractivity contribution in [1.29, 1.82) is 0 Å². The maximum atomic E-state index is 12.1. The molecule has 1 rings (SSSR count). The van der Waals surface area contributed by atoms with Crippen LogP contribution in [0.2, 0.25) is 0 Å². The summed E-state index contributed by atoms with van der Waals surface area (Å²) in [5.74, 6) is -0.302. The first-order valence-electron chi connectivity index (χ1n) is 11.8. The predicted molar refractivity (Wildman–Crippen MR) is 115 cm³/mol. The van der Waals surface area contributed by atoms with Crippen LogP contribution in [0.5, 0.6) is 0 Å². The number of esters is 1. The second-order valence-electron chi connectivity index (χ2n) is 8.61. The minimum atomic E-state index is -0.632. The number of carbonyl (C=O) groups is 1. The van der Waals surface area contributed by atoms with Gasteiger partial charge in [0.15, 0.2) is 0 Å². The molecule has 0 aromatic heterocycles. The Bertz CT molecular complexity index is 405. The average Bonchev–Trinajstić information content (AvgIpc) is 2.62. The summed E-state index contributed by atoms with van der Waals surface area (Å²) < 4.78 is 5.62. The van der Waals surface area contributed by atoms with Gasteiger partial charge in [-0.1, -0.05) is 76.7 Å². The number of rotatable bonds is 4. The molecule has 0 radical (unpaired) electrons. The van der Waals surface area contributed by atoms with Crippen molar-refractivity contribution in [2.24, 2.45) is 0 Å². The Kier molecular flexibility index (Phi) is 15.3. The van der Waals surface area contributed by atoms with Gasteiger partial charge in [0.25, 0.3) is 0 Å². The standard InChI is InChI=1S/C24H44O4/c1-21(25)19-22(26)20-23-17-15-13-11-9-7-5-3-2-4-6-8-10-12-14-16-18-24(27)28-23/h16,18,21-23,25-26H,2-15,17,19-20H2,1H3/b18-16+/t21-,22-,23+/m1/s1. The molecule has 0 aromatic rings. The van der Waals surface area contributed by atoms with E-state index in [1.807, 2.05) is 6.08 Å². The second-order valence-corrected chi connectivity index (χ2v) is 8.61. The fraction of sp³-hybridized carbons (Fsp3) is 0.875. The van der Waals surface area contributed by atoms with E-state index in [4.69, 9.17) is 4.74 Å². The van der Waals surface area contributed by atoms with Crippen molar-refractivity contribution in [1.82, 2.24) is 0 Å². The number of aliphatic hydroxyl groups excluding tert-OH is 2. The third-order valence-corrected chi connectivity index (χ3v) is 5.58. The normalized spacial score (nSPS) is 26.0. The smallest absolute Gasteiger partial charge is 0.330 e. The molecule has 0 spiro atoms. The van der Waals surface area contributed by atoms with Gasteiger partial charge in [-0.05, 0) is 39.0 Å². The molecule has 1 heterocycles. The van der Waals surface area contributed by atoms with Gasteiger partial charge in [-0.2, -0.15) is 0 Å². The first-order chi connectivity index (χ1) is 13.6. The zero-order valence-corrected chi connectivity index (χ0v) is 18.1. The molecule has 4 nitrogen and oxygen atoms in total. The highest BCUT2D eigenvalue weighted by Gasteiger charge is 2.19. The first-order valence-corrected chi connectivity index (χ1v) is 11.8. The summed E-state index contributed by atoms with van der Waals surface area (Å²) in [6.45, 7) is 1.67. The molecule has 1 aliphatic heterocycles. The topological polar surface area (TPSA) is 66.8 Å². The van der Waals surface area contributed by atoms with E-state index in [0.717, 1.165) is 32.1 Å². The van der Waals surface area contributed by atoms with Crippen LogP contribution < -0.4 is 0 Å². The Balaban J connectivity index is 2.48. The molecule has 164 valence electrons. The third-order valence-electron chi connectivity index (χ3n) is 5.58. The van der Waals surface area contributed by atoms with Crippen LogP contribution in [0.4, 0.5) is 0 Å². The zero-order chi connectivity index (χ0) is 20.5. The highest BCUT2D eigenvalue weighted by atomic mass is 16.5.